The highest BCUT2D eigenvalue weighted by Gasteiger charge is 2.41. The van der Waals surface area contributed by atoms with Gasteiger partial charge in [0.1, 0.15) is 6.17 Å². The number of hydrogen-bond acceptors (Lipinski definition) is 1. The first kappa shape index (κ1) is 15.2. The largest absolute Gasteiger partial charge is 1.04 e. The Balaban J connectivity index is 0.000000336. The average molecular weight is 246 g/mol. The summed E-state index contributed by atoms with van der Waals surface area (Å²) in [4.78, 5) is 4.23. The minimum atomic E-state index is -6.83. The molecule has 0 bridgehead atoms. The van der Waals surface area contributed by atoms with Gasteiger partial charge in [0.25, 0.3) is 0 Å². The Hall–Kier alpha value is 0.172. The molecule has 2 atom stereocenters. The molecule has 0 aliphatic carbocycles. The summed E-state index contributed by atoms with van der Waals surface area (Å²) in [7, 11) is 2.23. The van der Waals surface area contributed by atoms with Gasteiger partial charge in [-0.1, -0.05) is 6.92 Å². The molecular weight excluding hydrogens is 227 g/mol. The zero-order valence-corrected chi connectivity index (χ0v) is 10.6. The van der Waals surface area contributed by atoms with Gasteiger partial charge in [-0.25, -0.2) is 0 Å². The minimum absolute atomic E-state index is 0.796. The van der Waals surface area contributed by atoms with Crippen LogP contribution in [0.2, 0.25) is 0 Å². The molecule has 7 heteroatoms. The fourth-order valence-corrected chi connectivity index (χ4v) is 1.97. The van der Waals surface area contributed by atoms with Gasteiger partial charge in [-0.05, 0) is 14.0 Å². The zero-order chi connectivity index (χ0) is 12.1. The van der Waals surface area contributed by atoms with Gasteiger partial charge in [-0.2, -0.15) is 0 Å². The van der Waals surface area contributed by atoms with Gasteiger partial charge < -0.3 is 19.0 Å². The summed E-state index contributed by atoms with van der Waals surface area (Å²) in [5.74, 6) is 0. The molecule has 2 nitrogen and oxygen atoms in total. The molecule has 1 saturated heterocycles. The van der Waals surface area contributed by atoms with E-state index in [4.69, 9.17) is 0 Å². The molecule has 0 radical (unpaired) electrons. The van der Waals surface area contributed by atoms with Crippen LogP contribution in [0, 0.1) is 0 Å². The van der Waals surface area contributed by atoms with E-state index in [1.165, 1.54) is 26.1 Å². The van der Waals surface area contributed by atoms with Gasteiger partial charge in [-0.3, -0.25) is 4.90 Å². The maximum absolute atomic E-state index is 9.85. The molecule has 0 aromatic heterocycles. The van der Waals surface area contributed by atoms with E-state index in [1.54, 1.807) is 4.90 Å². The van der Waals surface area contributed by atoms with Crippen LogP contribution in [-0.2, 0) is 0 Å². The van der Waals surface area contributed by atoms with Gasteiger partial charge >= 0.3 is 14.9 Å². The minimum Gasteiger partial charge on any atom is -0.510 e. The monoisotopic (exact) mass is 246 g/mol. The maximum Gasteiger partial charge on any atom is 1.04 e. The molecule has 0 aromatic rings. The lowest BCUT2D eigenvalue weighted by molar-refractivity contribution is -0.916. The summed E-state index contributed by atoms with van der Waals surface area (Å²) in [6.07, 6.45) is 2.09. The fourth-order valence-electron chi connectivity index (χ4n) is 1.97. The molecule has 0 aromatic carbocycles. The third-order valence-electron chi connectivity index (χ3n) is 2.63. The van der Waals surface area contributed by atoms with Crippen LogP contribution in [0.5, 0.6) is 0 Å². The zero-order valence-electron chi connectivity index (χ0n) is 9.44. The van der Waals surface area contributed by atoms with Crippen LogP contribution in [0.4, 0.5) is 14.1 Å². The highest BCUT2D eigenvalue weighted by atomic mass is 27.5. The molecule has 15 heavy (non-hydrogen) atoms. The molecule has 0 spiro atoms. The van der Waals surface area contributed by atoms with Crippen molar-refractivity contribution in [3.8, 4) is 0 Å². The molecule has 1 N–H and O–H groups in total. The van der Waals surface area contributed by atoms with E-state index in [0.29, 0.717) is 0 Å². The predicted molar refractivity (Wildman–Crippen MR) is 53.3 cm³/mol. The summed E-state index contributed by atoms with van der Waals surface area (Å²) < 4.78 is 39.4. The number of halogens is 4. The standard InChI is InChI=1S/C8H18N2.Al.4FH/c1-4-8-9(3)6-7-10(8)5-2;;;;;/h8H,4-7H2,1-3H3;;4*1H/q;+3;;;;/p-3. The van der Waals surface area contributed by atoms with Gasteiger partial charge in [0.05, 0.1) is 19.6 Å². The Bertz CT molecular complexity index is 171. The van der Waals surface area contributed by atoms with E-state index in [2.05, 4.69) is 25.8 Å². The number of likely N-dealkylation sites (N-methyl/N-ethyl adjacent to an activating group) is 2. The number of nitrogens with zero attached hydrogens (tertiary/aromatic N) is 1. The summed E-state index contributed by atoms with van der Waals surface area (Å²) >= 11 is -6.83. The molecule has 0 amide bonds. The normalized spacial score (nSPS) is 27.4. The van der Waals surface area contributed by atoms with Crippen LogP contribution in [-0.4, -0.2) is 52.7 Å². The second kappa shape index (κ2) is 6.69. The third kappa shape index (κ3) is 7.12. The van der Waals surface area contributed by atoms with E-state index in [0.717, 1.165) is 6.17 Å². The number of hydrogen-bond donors (Lipinski definition) is 1. The van der Waals surface area contributed by atoms with Crippen molar-refractivity contribution in [3.63, 3.8) is 0 Å². The van der Waals surface area contributed by atoms with E-state index in [9.17, 15) is 14.1 Å². The molecule has 1 heterocycles. The van der Waals surface area contributed by atoms with E-state index >= 15 is 0 Å². The smallest absolute Gasteiger partial charge is 0.510 e. The van der Waals surface area contributed by atoms with Crippen LogP contribution in [0.25, 0.3) is 0 Å². The third-order valence-corrected chi connectivity index (χ3v) is 2.63. The first-order valence-corrected chi connectivity index (χ1v) is 6.96. The molecule has 92 valence electrons. The fraction of sp³-hybridized carbons (Fsp3) is 1.00. The quantitative estimate of drug-likeness (QED) is 0.561. The predicted octanol–water partition coefficient (Wildman–Crippen LogP) is 0.873. The van der Waals surface area contributed by atoms with Crippen LogP contribution < -0.4 is 4.90 Å². The first-order chi connectivity index (χ1) is 6.79. The SMILES string of the molecule is CCC1N(C)CC[NH+]1CC.[F][Al-]([F])([F])[F]. The number of nitrogens with one attached hydrogen (secondary N) is 1. The van der Waals surface area contributed by atoms with E-state index < -0.39 is 14.9 Å². The van der Waals surface area contributed by atoms with Gasteiger partial charge in [-0.15, -0.1) is 0 Å². The molecular formula is C8H19AlF4N2. The molecule has 2 unspecified atom stereocenters. The Morgan fingerprint density at radius 2 is 1.73 bits per heavy atom. The highest BCUT2D eigenvalue weighted by molar-refractivity contribution is 6.50. The number of quaternary nitrogens is 1. The van der Waals surface area contributed by atoms with Crippen LogP contribution in [0.3, 0.4) is 0 Å². The molecule has 1 aliphatic rings. The lowest BCUT2D eigenvalue weighted by atomic mass is 10.3. The highest BCUT2D eigenvalue weighted by Crippen LogP contribution is 2.06. The van der Waals surface area contributed by atoms with Gasteiger partial charge in [0.15, 0.2) is 0 Å². The lowest BCUT2D eigenvalue weighted by Gasteiger charge is -2.21. The first-order valence-electron chi connectivity index (χ1n) is 5.21. The Morgan fingerprint density at radius 1 is 1.27 bits per heavy atom. The van der Waals surface area contributed by atoms with Gasteiger partial charge in [0, 0.05) is 6.42 Å². The number of rotatable bonds is 2. The second-order valence-electron chi connectivity index (χ2n) is 3.66. The van der Waals surface area contributed by atoms with Gasteiger partial charge in [0.2, 0.25) is 0 Å². The van der Waals surface area contributed by atoms with Crippen molar-refractivity contribution in [2.75, 3.05) is 26.7 Å². The van der Waals surface area contributed by atoms with Crippen molar-refractivity contribution in [3.05, 3.63) is 0 Å². The summed E-state index contributed by atoms with van der Waals surface area (Å²) in [6.45, 7) is 8.45. The average Bonchev–Trinajstić information content (AvgIpc) is 2.43. The Morgan fingerprint density at radius 3 is 2.00 bits per heavy atom. The topological polar surface area (TPSA) is 7.68 Å². The van der Waals surface area contributed by atoms with Crippen LogP contribution >= 0.6 is 0 Å². The van der Waals surface area contributed by atoms with Crippen molar-refractivity contribution in [1.82, 2.24) is 4.90 Å². The van der Waals surface area contributed by atoms with Crippen molar-refractivity contribution in [2.45, 2.75) is 26.4 Å². The lowest BCUT2D eigenvalue weighted by Crippen LogP contribution is -3.14. The van der Waals surface area contributed by atoms with Crippen LogP contribution in [0.1, 0.15) is 20.3 Å². The second-order valence-corrected chi connectivity index (χ2v) is 4.65. The van der Waals surface area contributed by atoms with E-state index in [1.807, 2.05) is 0 Å². The molecule has 1 aliphatic heterocycles. The molecule has 1 fully saturated rings. The van der Waals surface area contributed by atoms with Crippen molar-refractivity contribution in [2.24, 2.45) is 0 Å². The van der Waals surface area contributed by atoms with Crippen molar-refractivity contribution < 1.29 is 19.0 Å². The van der Waals surface area contributed by atoms with Crippen LogP contribution in [0.15, 0.2) is 0 Å². The summed E-state index contributed by atoms with van der Waals surface area (Å²) in [5.41, 5.74) is 0. The molecule has 1 rings (SSSR count). The summed E-state index contributed by atoms with van der Waals surface area (Å²) in [6, 6.07) is 0. The van der Waals surface area contributed by atoms with Crippen molar-refractivity contribution in [1.29, 1.82) is 0 Å². The van der Waals surface area contributed by atoms with E-state index in [-0.39, 0.29) is 0 Å². The summed E-state index contributed by atoms with van der Waals surface area (Å²) in [5, 5.41) is 0. The maximum atomic E-state index is 9.85. The van der Waals surface area contributed by atoms with Crippen molar-refractivity contribution >= 4 is 14.9 Å². The molecule has 0 saturated carbocycles. The Labute approximate surface area is 92.4 Å². The Kier molecular flexibility index (Phi) is 6.77.